The highest BCUT2D eigenvalue weighted by Crippen LogP contribution is 2.20. The van der Waals surface area contributed by atoms with Gasteiger partial charge in [-0.1, -0.05) is 0 Å². The summed E-state index contributed by atoms with van der Waals surface area (Å²) in [6.45, 7) is 3.70. The number of carbonyl (C=O) groups excluding carboxylic acids is 1. The van der Waals surface area contributed by atoms with Crippen molar-refractivity contribution in [3.05, 3.63) is 54.0 Å². The summed E-state index contributed by atoms with van der Waals surface area (Å²) in [4.78, 5) is 23.3. The molecule has 0 spiro atoms. The van der Waals surface area contributed by atoms with Crippen molar-refractivity contribution in [3.63, 3.8) is 0 Å². The maximum absolute atomic E-state index is 12.4. The molecule has 1 amide bonds. The number of aryl methyl sites for hydroxylation is 1. The highest BCUT2D eigenvalue weighted by atomic mass is 16.2. The van der Waals surface area contributed by atoms with Gasteiger partial charge in [-0.25, -0.2) is 9.97 Å². The zero-order valence-electron chi connectivity index (χ0n) is 13.1. The molecule has 0 unspecified atom stereocenters. The third-order valence-electron chi connectivity index (χ3n) is 4.35. The third kappa shape index (κ3) is 2.38. The van der Waals surface area contributed by atoms with E-state index in [2.05, 4.69) is 9.97 Å². The van der Waals surface area contributed by atoms with Crippen molar-refractivity contribution < 1.29 is 4.79 Å². The number of fused-ring (bicyclic) bond motifs is 1. The minimum Gasteiger partial charge on any atom is -0.339 e. The lowest BCUT2D eigenvalue weighted by Crippen LogP contribution is -2.27. The Bertz CT molecular complexity index is 860. The number of carbonyl (C=O) groups is 1. The summed E-state index contributed by atoms with van der Waals surface area (Å²) in [5.41, 5.74) is 3.43. The van der Waals surface area contributed by atoms with Gasteiger partial charge in [0.1, 0.15) is 11.3 Å². The van der Waals surface area contributed by atoms with E-state index in [9.17, 15) is 4.79 Å². The van der Waals surface area contributed by atoms with E-state index in [4.69, 9.17) is 0 Å². The van der Waals surface area contributed by atoms with E-state index in [-0.39, 0.29) is 5.91 Å². The summed E-state index contributed by atoms with van der Waals surface area (Å²) in [6, 6.07) is 11.6. The predicted molar refractivity (Wildman–Crippen MR) is 88.7 cm³/mol. The molecule has 1 aliphatic rings. The Hall–Kier alpha value is -2.69. The normalized spacial score (nSPS) is 14.6. The number of pyridine rings is 1. The maximum atomic E-state index is 12.4. The molecule has 23 heavy (non-hydrogen) atoms. The number of hydrogen-bond acceptors (Lipinski definition) is 3. The van der Waals surface area contributed by atoms with E-state index in [1.54, 1.807) is 6.20 Å². The second kappa shape index (κ2) is 5.50. The summed E-state index contributed by atoms with van der Waals surface area (Å²) in [5, 5.41) is 0. The first kappa shape index (κ1) is 13.9. The average Bonchev–Trinajstić information content (AvgIpc) is 3.21. The maximum Gasteiger partial charge on any atom is 0.253 e. The van der Waals surface area contributed by atoms with Crippen molar-refractivity contribution in [2.75, 3.05) is 13.1 Å². The van der Waals surface area contributed by atoms with Crippen LogP contribution in [0.5, 0.6) is 0 Å². The Kier molecular flexibility index (Phi) is 3.33. The Morgan fingerprint density at radius 3 is 2.57 bits per heavy atom. The molecule has 0 bridgehead atoms. The minimum absolute atomic E-state index is 0.124. The molecule has 0 N–H and O–H groups in total. The molecule has 1 fully saturated rings. The molecular weight excluding hydrogens is 288 g/mol. The van der Waals surface area contributed by atoms with E-state index < -0.39 is 0 Å². The quantitative estimate of drug-likeness (QED) is 0.731. The number of rotatable bonds is 2. The van der Waals surface area contributed by atoms with Crippen LogP contribution in [0.25, 0.3) is 16.9 Å². The van der Waals surface area contributed by atoms with Gasteiger partial charge in [-0.05, 0) is 56.2 Å². The fourth-order valence-corrected chi connectivity index (χ4v) is 3.19. The number of amides is 1. The summed E-state index contributed by atoms with van der Waals surface area (Å²) in [7, 11) is 0. The summed E-state index contributed by atoms with van der Waals surface area (Å²) >= 11 is 0. The molecule has 1 aromatic carbocycles. The summed E-state index contributed by atoms with van der Waals surface area (Å²) < 4.78 is 2.01. The van der Waals surface area contributed by atoms with Crippen molar-refractivity contribution in [1.29, 1.82) is 0 Å². The Balaban J connectivity index is 1.70. The first-order valence-electron chi connectivity index (χ1n) is 7.94. The van der Waals surface area contributed by atoms with Gasteiger partial charge in [0.25, 0.3) is 5.91 Å². The van der Waals surface area contributed by atoms with Crippen LogP contribution in [0.4, 0.5) is 0 Å². The Morgan fingerprint density at radius 2 is 1.83 bits per heavy atom. The smallest absolute Gasteiger partial charge is 0.253 e. The van der Waals surface area contributed by atoms with Crippen LogP contribution in [0.3, 0.4) is 0 Å². The van der Waals surface area contributed by atoms with Crippen molar-refractivity contribution in [2.45, 2.75) is 19.8 Å². The van der Waals surface area contributed by atoms with Crippen LogP contribution < -0.4 is 0 Å². The molecule has 5 nitrogen and oxygen atoms in total. The number of hydrogen-bond donors (Lipinski definition) is 0. The van der Waals surface area contributed by atoms with Crippen LogP contribution in [0, 0.1) is 6.92 Å². The fourth-order valence-electron chi connectivity index (χ4n) is 3.19. The molecule has 0 aliphatic carbocycles. The molecule has 0 atom stereocenters. The number of likely N-dealkylation sites (tertiary alicyclic amines) is 1. The lowest BCUT2D eigenvalue weighted by Gasteiger charge is -2.15. The van der Waals surface area contributed by atoms with Crippen LogP contribution >= 0.6 is 0 Å². The lowest BCUT2D eigenvalue weighted by molar-refractivity contribution is 0.0793. The van der Waals surface area contributed by atoms with Crippen LogP contribution in [-0.4, -0.2) is 38.4 Å². The lowest BCUT2D eigenvalue weighted by atomic mass is 10.2. The van der Waals surface area contributed by atoms with E-state index in [0.29, 0.717) is 0 Å². The van der Waals surface area contributed by atoms with Crippen molar-refractivity contribution in [2.24, 2.45) is 0 Å². The molecule has 0 radical (unpaired) electrons. The van der Waals surface area contributed by atoms with Gasteiger partial charge in [-0.3, -0.25) is 9.36 Å². The van der Waals surface area contributed by atoms with E-state index in [1.807, 2.05) is 52.8 Å². The topological polar surface area (TPSA) is 51.0 Å². The van der Waals surface area contributed by atoms with E-state index >= 15 is 0 Å². The molecule has 1 saturated heterocycles. The van der Waals surface area contributed by atoms with Gasteiger partial charge in [0.2, 0.25) is 0 Å². The Labute approximate surface area is 134 Å². The van der Waals surface area contributed by atoms with Gasteiger partial charge in [-0.15, -0.1) is 0 Å². The SMILES string of the molecule is Cc1nc2cccnc2n1-c1ccc(C(=O)N2CCCC2)cc1. The second-order valence-corrected chi connectivity index (χ2v) is 5.89. The number of nitrogens with zero attached hydrogens (tertiary/aromatic N) is 4. The molecule has 1 aliphatic heterocycles. The molecule has 3 aromatic rings. The fraction of sp³-hybridized carbons (Fsp3) is 0.278. The van der Waals surface area contributed by atoms with Crippen molar-refractivity contribution in [3.8, 4) is 5.69 Å². The van der Waals surface area contributed by atoms with Crippen LogP contribution in [0.15, 0.2) is 42.6 Å². The third-order valence-corrected chi connectivity index (χ3v) is 4.35. The first-order chi connectivity index (χ1) is 11.2. The zero-order chi connectivity index (χ0) is 15.8. The van der Waals surface area contributed by atoms with Gasteiger partial charge in [0, 0.05) is 30.5 Å². The largest absolute Gasteiger partial charge is 0.339 e. The van der Waals surface area contributed by atoms with E-state index in [0.717, 1.165) is 54.2 Å². The standard InChI is InChI=1S/C18H18N4O/c1-13-20-16-5-4-10-19-17(16)22(13)15-8-6-14(7-9-15)18(23)21-11-2-3-12-21/h4-10H,2-3,11-12H2,1H3. The molecular formula is C18H18N4O. The first-order valence-corrected chi connectivity index (χ1v) is 7.94. The highest BCUT2D eigenvalue weighted by Gasteiger charge is 2.19. The van der Waals surface area contributed by atoms with Gasteiger partial charge in [-0.2, -0.15) is 0 Å². The number of benzene rings is 1. The van der Waals surface area contributed by atoms with Crippen molar-refractivity contribution in [1.82, 2.24) is 19.4 Å². The molecule has 0 saturated carbocycles. The predicted octanol–water partition coefficient (Wildman–Crippen LogP) is 2.96. The molecule has 5 heteroatoms. The monoisotopic (exact) mass is 306 g/mol. The zero-order valence-corrected chi connectivity index (χ0v) is 13.1. The molecule has 4 rings (SSSR count). The van der Waals surface area contributed by atoms with Crippen molar-refractivity contribution >= 4 is 17.1 Å². The highest BCUT2D eigenvalue weighted by molar-refractivity contribution is 5.94. The summed E-state index contributed by atoms with van der Waals surface area (Å²) in [6.07, 6.45) is 3.98. The van der Waals surface area contributed by atoms with Crippen LogP contribution in [0.2, 0.25) is 0 Å². The van der Waals surface area contributed by atoms with E-state index in [1.165, 1.54) is 0 Å². The average molecular weight is 306 g/mol. The second-order valence-electron chi connectivity index (χ2n) is 5.89. The number of aromatic nitrogens is 3. The molecule has 2 aromatic heterocycles. The summed E-state index contributed by atoms with van der Waals surface area (Å²) in [5.74, 6) is 1.01. The Morgan fingerprint density at radius 1 is 1.09 bits per heavy atom. The van der Waals surface area contributed by atoms with Crippen LogP contribution in [-0.2, 0) is 0 Å². The minimum atomic E-state index is 0.124. The van der Waals surface area contributed by atoms with Gasteiger partial charge in [0.05, 0.1) is 0 Å². The van der Waals surface area contributed by atoms with Crippen LogP contribution in [0.1, 0.15) is 29.0 Å². The molecule has 3 heterocycles. The van der Waals surface area contributed by atoms with Gasteiger partial charge >= 0.3 is 0 Å². The molecule has 116 valence electrons. The number of imidazole rings is 1. The van der Waals surface area contributed by atoms with Gasteiger partial charge < -0.3 is 4.90 Å². The van der Waals surface area contributed by atoms with Gasteiger partial charge in [0.15, 0.2) is 5.65 Å².